The third-order valence-corrected chi connectivity index (χ3v) is 5.43. The molecule has 0 aliphatic rings. The summed E-state index contributed by atoms with van der Waals surface area (Å²) in [5.74, 6) is -0.782. The molecule has 0 radical (unpaired) electrons. The van der Waals surface area contributed by atoms with Crippen molar-refractivity contribution in [2.75, 3.05) is 7.11 Å². The predicted octanol–water partition coefficient (Wildman–Crippen LogP) is 3.01. The average molecular weight is 386 g/mol. The maximum absolute atomic E-state index is 12.8. The van der Waals surface area contributed by atoms with E-state index in [1.807, 2.05) is 33.8 Å². The molecule has 3 rings (SSSR count). The lowest BCUT2D eigenvalue weighted by Gasteiger charge is -2.08. The van der Waals surface area contributed by atoms with E-state index >= 15 is 0 Å². The minimum atomic E-state index is -0.394. The monoisotopic (exact) mass is 386 g/mol. The summed E-state index contributed by atoms with van der Waals surface area (Å²) in [6.45, 7) is 7.90. The number of aryl methyl sites for hydroxylation is 2. The number of benzene rings is 1. The van der Waals surface area contributed by atoms with E-state index in [1.54, 1.807) is 21.5 Å². The smallest absolute Gasteiger partial charge is 0.325 e. The Kier molecular flexibility index (Phi) is 5.27. The van der Waals surface area contributed by atoms with Gasteiger partial charge in [-0.3, -0.25) is 14.3 Å². The van der Waals surface area contributed by atoms with Crippen LogP contribution < -0.4 is 4.80 Å². The molecule has 2 heterocycles. The van der Waals surface area contributed by atoms with Gasteiger partial charge in [0.25, 0.3) is 5.91 Å². The van der Waals surface area contributed by atoms with Gasteiger partial charge in [-0.2, -0.15) is 10.1 Å². The van der Waals surface area contributed by atoms with Crippen LogP contribution in [0.1, 0.15) is 41.5 Å². The Morgan fingerprint density at radius 1 is 1.30 bits per heavy atom. The molecule has 0 saturated carbocycles. The first-order valence-corrected chi connectivity index (χ1v) is 9.43. The summed E-state index contributed by atoms with van der Waals surface area (Å²) >= 11 is 1.39. The fraction of sp³-hybridized carbons (Fsp3) is 0.368. The summed E-state index contributed by atoms with van der Waals surface area (Å²) in [5, 5.41) is 4.19. The Bertz CT molecular complexity index is 1090. The van der Waals surface area contributed by atoms with Gasteiger partial charge >= 0.3 is 5.97 Å². The lowest BCUT2D eigenvalue weighted by molar-refractivity contribution is -0.141. The van der Waals surface area contributed by atoms with Gasteiger partial charge in [0.1, 0.15) is 12.2 Å². The second-order valence-electron chi connectivity index (χ2n) is 6.65. The van der Waals surface area contributed by atoms with Gasteiger partial charge in [0.15, 0.2) is 4.80 Å². The number of methoxy groups -OCH3 is 1. The van der Waals surface area contributed by atoms with Crippen LogP contribution in [-0.4, -0.2) is 33.3 Å². The first-order valence-electron chi connectivity index (χ1n) is 8.61. The Hall–Kier alpha value is -2.74. The Morgan fingerprint density at radius 3 is 2.70 bits per heavy atom. The molecule has 3 aromatic rings. The van der Waals surface area contributed by atoms with Crippen LogP contribution in [0.2, 0.25) is 0 Å². The maximum atomic E-state index is 12.8. The summed E-state index contributed by atoms with van der Waals surface area (Å²) in [5.41, 5.74) is 3.44. The van der Waals surface area contributed by atoms with E-state index in [0.29, 0.717) is 10.5 Å². The first kappa shape index (κ1) is 19.0. The Labute approximate surface area is 160 Å². The van der Waals surface area contributed by atoms with E-state index in [0.717, 1.165) is 21.3 Å². The number of nitrogens with zero attached hydrogens (tertiary/aromatic N) is 4. The molecule has 0 fully saturated rings. The minimum Gasteiger partial charge on any atom is -0.468 e. The van der Waals surface area contributed by atoms with Gasteiger partial charge < -0.3 is 9.30 Å². The zero-order valence-corrected chi connectivity index (χ0v) is 16.8. The molecule has 8 heteroatoms. The van der Waals surface area contributed by atoms with Crippen LogP contribution in [0.15, 0.2) is 29.4 Å². The lowest BCUT2D eigenvalue weighted by Crippen LogP contribution is -2.23. The lowest BCUT2D eigenvalue weighted by atomic mass is 10.1. The van der Waals surface area contributed by atoms with E-state index in [4.69, 9.17) is 4.74 Å². The number of hydrogen-bond donors (Lipinski definition) is 0. The molecule has 0 bridgehead atoms. The summed E-state index contributed by atoms with van der Waals surface area (Å²) in [4.78, 5) is 29.5. The zero-order valence-electron chi connectivity index (χ0n) is 16.0. The van der Waals surface area contributed by atoms with Crippen LogP contribution in [0, 0.1) is 13.8 Å². The molecule has 0 unspecified atom stereocenters. The molecule has 0 N–H and O–H groups in total. The number of hydrogen-bond acceptors (Lipinski definition) is 5. The highest BCUT2D eigenvalue weighted by Crippen LogP contribution is 2.23. The minimum absolute atomic E-state index is 0.00501. The van der Waals surface area contributed by atoms with Crippen molar-refractivity contribution in [2.24, 2.45) is 4.99 Å². The molecule has 27 heavy (non-hydrogen) atoms. The number of thiazole rings is 1. The van der Waals surface area contributed by atoms with Crippen molar-refractivity contribution in [1.82, 2.24) is 14.3 Å². The quantitative estimate of drug-likeness (QED) is 0.646. The van der Waals surface area contributed by atoms with Crippen molar-refractivity contribution in [3.63, 3.8) is 0 Å². The van der Waals surface area contributed by atoms with E-state index in [-0.39, 0.29) is 18.5 Å². The third kappa shape index (κ3) is 3.71. The van der Waals surface area contributed by atoms with Gasteiger partial charge in [0, 0.05) is 12.2 Å². The number of fused-ring (bicyclic) bond motifs is 1. The van der Waals surface area contributed by atoms with Crippen molar-refractivity contribution in [2.45, 2.75) is 40.3 Å². The van der Waals surface area contributed by atoms with Crippen LogP contribution in [0.3, 0.4) is 0 Å². The molecule has 0 atom stereocenters. The van der Waals surface area contributed by atoms with Crippen molar-refractivity contribution in [3.8, 4) is 0 Å². The van der Waals surface area contributed by atoms with Crippen molar-refractivity contribution in [3.05, 3.63) is 46.0 Å². The number of ether oxygens (including phenoxy) is 1. The van der Waals surface area contributed by atoms with E-state index in [1.165, 1.54) is 18.4 Å². The number of amides is 1. The molecular weight excluding hydrogens is 364 g/mol. The van der Waals surface area contributed by atoms with E-state index in [2.05, 4.69) is 16.2 Å². The average Bonchev–Trinajstić information content (AvgIpc) is 3.21. The van der Waals surface area contributed by atoms with Crippen LogP contribution in [0.5, 0.6) is 0 Å². The molecule has 0 aliphatic heterocycles. The standard InChI is InChI=1S/C19H22N4O3S/c1-11(2)23-14(6-7-20-23)18(25)21-19-22(10-16(24)26-5)15-9-12(3)8-13(4)17(15)27-19/h6-9,11H,10H2,1-5H3. The normalized spacial score (nSPS) is 12.1. The molecular formula is C19H22N4O3S. The molecule has 0 saturated heterocycles. The van der Waals surface area contributed by atoms with E-state index in [9.17, 15) is 9.59 Å². The number of esters is 1. The van der Waals surface area contributed by atoms with Crippen LogP contribution in [0.4, 0.5) is 0 Å². The summed E-state index contributed by atoms with van der Waals surface area (Å²) in [6.07, 6.45) is 1.59. The fourth-order valence-corrected chi connectivity index (χ4v) is 4.06. The van der Waals surface area contributed by atoms with Gasteiger partial charge in [-0.15, -0.1) is 0 Å². The highest BCUT2D eigenvalue weighted by atomic mass is 32.1. The molecule has 1 amide bonds. The second kappa shape index (κ2) is 7.48. The van der Waals surface area contributed by atoms with Crippen LogP contribution in [0.25, 0.3) is 10.2 Å². The van der Waals surface area contributed by atoms with Crippen molar-refractivity contribution < 1.29 is 14.3 Å². The largest absolute Gasteiger partial charge is 0.468 e. The van der Waals surface area contributed by atoms with Crippen molar-refractivity contribution in [1.29, 1.82) is 0 Å². The first-order chi connectivity index (χ1) is 12.8. The molecule has 0 aliphatic carbocycles. The van der Waals surface area contributed by atoms with Gasteiger partial charge in [0.2, 0.25) is 0 Å². The van der Waals surface area contributed by atoms with Gasteiger partial charge in [-0.25, -0.2) is 0 Å². The third-order valence-electron chi connectivity index (χ3n) is 4.21. The summed E-state index contributed by atoms with van der Waals surface area (Å²) in [7, 11) is 1.34. The molecule has 7 nitrogen and oxygen atoms in total. The van der Waals surface area contributed by atoms with Gasteiger partial charge in [0.05, 0.1) is 17.3 Å². The van der Waals surface area contributed by atoms with Crippen LogP contribution >= 0.6 is 11.3 Å². The highest BCUT2D eigenvalue weighted by Gasteiger charge is 2.17. The topological polar surface area (TPSA) is 78.5 Å². The maximum Gasteiger partial charge on any atom is 0.325 e. The van der Waals surface area contributed by atoms with Gasteiger partial charge in [-0.05, 0) is 51.0 Å². The number of aromatic nitrogens is 3. The molecule has 2 aromatic heterocycles. The predicted molar refractivity (Wildman–Crippen MR) is 104 cm³/mol. The second-order valence-corrected chi connectivity index (χ2v) is 7.63. The number of carbonyl (C=O) groups excluding carboxylic acids is 2. The van der Waals surface area contributed by atoms with E-state index < -0.39 is 5.97 Å². The van der Waals surface area contributed by atoms with Crippen molar-refractivity contribution >= 4 is 33.4 Å². The molecule has 1 aromatic carbocycles. The number of carbonyl (C=O) groups is 2. The molecule has 0 spiro atoms. The summed E-state index contributed by atoms with van der Waals surface area (Å²) in [6, 6.07) is 5.76. The Morgan fingerprint density at radius 2 is 2.04 bits per heavy atom. The zero-order chi connectivity index (χ0) is 19.7. The fourth-order valence-electron chi connectivity index (χ4n) is 2.98. The molecule has 142 valence electrons. The summed E-state index contributed by atoms with van der Waals surface area (Å²) < 4.78 is 9.19. The SMILES string of the molecule is COC(=O)Cn1c(=NC(=O)c2ccnn2C(C)C)sc2c(C)cc(C)cc21. The highest BCUT2D eigenvalue weighted by molar-refractivity contribution is 7.16. The number of rotatable bonds is 4. The van der Waals surface area contributed by atoms with Gasteiger partial charge in [-0.1, -0.05) is 17.4 Å². The Balaban J connectivity index is 2.20. The van der Waals surface area contributed by atoms with Crippen LogP contribution in [-0.2, 0) is 16.1 Å².